The Morgan fingerprint density at radius 1 is 1.58 bits per heavy atom. The summed E-state index contributed by atoms with van der Waals surface area (Å²) in [6.45, 7) is 4.40. The maximum absolute atomic E-state index is 10.6. The number of hydrogen-bond donors (Lipinski definition) is 2. The van der Waals surface area contributed by atoms with Crippen LogP contribution in [0.5, 0.6) is 0 Å². The quantitative estimate of drug-likeness (QED) is 0.648. The van der Waals surface area contributed by atoms with Gasteiger partial charge in [0.1, 0.15) is 0 Å². The number of rotatable bonds is 2. The standard InChI is InChI=1S/C9H18N2O/c1-3-7-4-5-8(6(7)2)11-9(10)12/h6-8H,3-5H2,1-2H3,(H3,10,11,12). The van der Waals surface area contributed by atoms with Gasteiger partial charge in [0.25, 0.3) is 0 Å². The van der Waals surface area contributed by atoms with Crippen LogP contribution < -0.4 is 11.1 Å². The molecule has 1 fully saturated rings. The van der Waals surface area contributed by atoms with Crippen molar-refractivity contribution in [1.29, 1.82) is 0 Å². The third-order valence-electron chi connectivity index (χ3n) is 3.08. The Kier molecular flexibility index (Phi) is 2.95. The van der Waals surface area contributed by atoms with Gasteiger partial charge in [-0.3, -0.25) is 0 Å². The highest BCUT2D eigenvalue weighted by molar-refractivity contribution is 5.72. The van der Waals surface area contributed by atoms with Crippen molar-refractivity contribution in [2.75, 3.05) is 0 Å². The molecule has 0 aromatic rings. The third-order valence-corrected chi connectivity index (χ3v) is 3.08. The summed E-state index contributed by atoms with van der Waals surface area (Å²) >= 11 is 0. The van der Waals surface area contributed by atoms with Gasteiger partial charge in [0.05, 0.1) is 0 Å². The molecule has 1 aliphatic carbocycles. The molecular formula is C9H18N2O. The van der Waals surface area contributed by atoms with Crippen LogP contribution in [0.25, 0.3) is 0 Å². The molecule has 70 valence electrons. The number of nitrogens with two attached hydrogens (primary N) is 1. The first-order valence-corrected chi connectivity index (χ1v) is 4.71. The van der Waals surface area contributed by atoms with Gasteiger partial charge in [-0.2, -0.15) is 0 Å². The number of urea groups is 1. The van der Waals surface area contributed by atoms with Crippen molar-refractivity contribution in [3.63, 3.8) is 0 Å². The van der Waals surface area contributed by atoms with Gasteiger partial charge in [0.2, 0.25) is 0 Å². The zero-order valence-electron chi connectivity index (χ0n) is 7.84. The van der Waals surface area contributed by atoms with Gasteiger partial charge < -0.3 is 11.1 Å². The molecule has 1 saturated carbocycles. The molecule has 3 N–H and O–H groups in total. The Morgan fingerprint density at radius 2 is 2.25 bits per heavy atom. The number of carbonyl (C=O) groups is 1. The van der Waals surface area contributed by atoms with E-state index in [0.29, 0.717) is 12.0 Å². The third kappa shape index (κ3) is 1.90. The van der Waals surface area contributed by atoms with E-state index >= 15 is 0 Å². The monoisotopic (exact) mass is 170 g/mol. The van der Waals surface area contributed by atoms with E-state index in [1.165, 1.54) is 12.8 Å². The molecule has 3 heteroatoms. The molecule has 0 radical (unpaired) electrons. The molecule has 1 rings (SSSR count). The van der Waals surface area contributed by atoms with E-state index in [0.717, 1.165) is 12.3 Å². The summed E-state index contributed by atoms with van der Waals surface area (Å²) in [6.07, 6.45) is 3.52. The second-order valence-electron chi connectivity index (χ2n) is 3.72. The van der Waals surface area contributed by atoms with E-state index in [1.807, 2.05) is 0 Å². The lowest BCUT2D eigenvalue weighted by Crippen LogP contribution is -2.40. The second kappa shape index (κ2) is 3.78. The topological polar surface area (TPSA) is 55.1 Å². The summed E-state index contributed by atoms with van der Waals surface area (Å²) in [6, 6.07) is -0.0731. The highest BCUT2D eigenvalue weighted by Crippen LogP contribution is 2.33. The Balaban J connectivity index is 2.43. The summed E-state index contributed by atoms with van der Waals surface area (Å²) in [7, 11) is 0. The Bertz CT molecular complexity index is 170. The molecule has 0 aliphatic heterocycles. The minimum absolute atomic E-state index is 0.312. The van der Waals surface area contributed by atoms with Crippen LogP contribution in [0.1, 0.15) is 33.1 Å². The van der Waals surface area contributed by atoms with Crippen molar-refractivity contribution >= 4 is 6.03 Å². The lowest BCUT2D eigenvalue weighted by atomic mass is 9.94. The normalized spacial score (nSPS) is 35.0. The predicted molar refractivity (Wildman–Crippen MR) is 48.7 cm³/mol. The van der Waals surface area contributed by atoms with E-state index in [1.54, 1.807) is 0 Å². The molecule has 2 amide bonds. The van der Waals surface area contributed by atoms with Gasteiger partial charge in [-0.25, -0.2) is 4.79 Å². The Morgan fingerprint density at radius 3 is 2.67 bits per heavy atom. The van der Waals surface area contributed by atoms with Crippen LogP contribution in [0.2, 0.25) is 0 Å². The summed E-state index contributed by atoms with van der Waals surface area (Å²) in [4.78, 5) is 10.6. The molecule has 3 atom stereocenters. The van der Waals surface area contributed by atoms with Crippen LogP contribution >= 0.6 is 0 Å². The fourth-order valence-electron chi connectivity index (χ4n) is 2.21. The highest BCUT2D eigenvalue weighted by Gasteiger charge is 2.31. The molecule has 0 heterocycles. The van der Waals surface area contributed by atoms with Gasteiger partial charge >= 0.3 is 6.03 Å². The van der Waals surface area contributed by atoms with E-state index < -0.39 is 0 Å². The average molecular weight is 170 g/mol. The molecule has 0 bridgehead atoms. The van der Waals surface area contributed by atoms with E-state index in [2.05, 4.69) is 19.2 Å². The van der Waals surface area contributed by atoms with Crippen molar-refractivity contribution < 1.29 is 4.79 Å². The molecule has 0 aromatic carbocycles. The van der Waals surface area contributed by atoms with Crippen LogP contribution in [-0.2, 0) is 0 Å². The highest BCUT2D eigenvalue weighted by atomic mass is 16.2. The molecular weight excluding hydrogens is 152 g/mol. The summed E-state index contributed by atoms with van der Waals surface area (Å²) < 4.78 is 0. The van der Waals surface area contributed by atoms with Gasteiger partial charge in [0.15, 0.2) is 0 Å². The van der Waals surface area contributed by atoms with Crippen molar-refractivity contribution in [3.8, 4) is 0 Å². The van der Waals surface area contributed by atoms with Crippen molar-refractivity contribution in [2.45, 2.75) is 39.2 Å². The maximum Gasteiger partial charge on any atom is 0.312 e. The van der Waals surface area contributed by atoms with Gasteiger partial charge in [-0.05, 0) is 24.7 Å². The Labute approximate surface area is 73.7 Å². The Hall–Kier alpha value is -0.730. The average Bonchev–Trinajstić information content (AvgIpc) is 2.32. The van der Waals surface area contributed by atoms with Crippen molar-refractivity contribution in [3.05, 3.63) is 0 Å². The first-order valence-electron chi connectivity index (χ1n) is 4.71. The summed E-state index contributed by atoms with van der Waals surface area (Å²) in [5.41, 5.74) is 5.07. The van der Waals surface area contributed by atoms with Crippen LogP contribution in [0.15, 0.2) is 0 Å². The first kappa shape index (κ1) is 9.36. The minimum Gasteiger partial charge on any atom is -0.352 e. The van der Waals surface area contributed by atoms with Crippen molar-refractivity contribution in [2.24, 2.45) is 17.6 Å². The number of amides is 2. The van der Waals surface area contributed by atoms with Crippen LogP contribution in [0, 0.1) is 11.8 Å². The fourth-order valence-corrected chi connectivity index (χ4v) is 2.21. The number of carbonyl (C=O) groups excluding carboxylic acids is 1. The molecule has 0 spiro atoms. The van der Waals surface area contributed by atoms with Crippen LogP contribution in [0.4, 0.5) is 4.79 Å². The zero-order valence-corrected chi connectivity index (χ0v) is 7.84. The first-order chi connectivity index (χ1) is 5.65. The number of nitrogens with one attached hydrogen (secondary N) is 1. The van der Waals surface area contributed by atoms with Gasteiger partial charge in [-0.1, -0.05) is 20.3 Å². The fraction of sp³-hybridized carbons (Fsp3) is 0.889. The zero-order chi connectivity index (χ0) is 9.14. The molecule has 12 heavy (non-hydrogen) atoms. The molecule has 0 aromatic heterocycles. The largest absolute Gasteiger partial charge is 0.352 e. The van der Waals surface area contributed by atoms with E-state index in [9.17, 15) is 4.79 Å². The smallest absolute Gasteiger partial charge is 0.312 e. The number of hydrogen-bond acceptors (Lipinski definition) is 1. The predicted octanol–water partition coefficient (Wildman–Crippen LogP) is 1.48. The molecule has 1 aliphatic rings. The maximum atomic E-state index is 10.6. The summed E-state index contributed by atoms with van der Waals surface area (Å²) in [5, 5.41) is 2.79. The lowest BCUT2D eigenvalue weighted by molar-refractivity contribution is 0.240. The van der Waals surface area contributed by atoms with Gasteiger partial charge in [0, 0.05) is 6.04 Å². The SMILES string of the molecule is CCC1CCC(NC(N)=O)C1C. The molecule has 3 unspecified atom stereocenters. The molecule has 0 saturated heterocycles. The minimum atomic E-state index is -0.386. The van der Waals surface area contributed by atoms with Crippen LogP contribution in [-0.4, -0.2) is 12.1 Å². The van der Waals surface area contributed by atoms with E-state index in [-0.39, 0.29) is 6.03 Å². The van der Waals surface area contributed by atoms with Crippen LogP contribution in [0.3, 0.4) is 0 Å². The lowest BCUT2D eigenvalue weighted by Gasteiger charge is -2.19. The van der Waals surface area contributed by atoms with Crippen molar-refractivity contribution in [1.82, 2.24) is 5.32 Å². The number of primary amides is 1. The van der Waals surface area contributed by atoms with E-state index in [4.69, 9.17) is 5.73 Å². The van der Waals surface area contributed by atoms with Gasteiger partial charge in [-0.15, -0.1) is 0 Å². The summed E-state index contributed by atoms with van der Waals surface area (Å²) in [5.74, 6) is 1.35. The second-order valence-corrected chi connectivity index (χ2v) is 3.72. The molecule has 3 nitrogen and oxygen atoms in total.